The Kier molecular flexibility index (Phi) is 5.16. The fourth-order valence-corrected chi connectivity index (χ4v) is 2.19. The number of nitrogens with zero attached hydrogens (tertiary/aromatic N) is 1. The van der Waals surface area contributed by atoms with Gasteiger partial charge in [0.15, 0.2) is 0 Å². The summed E-state index contributed by atoms with van der Waals surface area (Å²) in [5.74, 6) is -0.468. The van der Waals surface area contributed by atoms with E-state index >= 15 is 0 Å². The van der Waals surface area contributed by atoms with E-state index in [2.05, 4.69) is 9.17 Å². The first-order valence-electron chi connectivity index (χ1n) is 6.80. The lowest BCUT2D eigenvalue weighted by atomic mass is 10.2. The second kappa shape index (κ2) is 6.80. The molecule has 0 aliphatic carbocycles. The number of benzene rings is 1. The molecule has 1 aromatic carbocycles. The minimum Gasteiger partial charge on any atom is -0.488 e. The smallest absolute Gasteiger partial charge is 0.488 e. The lowest BCUT2D eigenvalue weighted by Gasteiger charge is -2.14. The number of fused-ring (bicyclic) bond motifs is 1. The molecule has 0 saturated heterocycles. The number of aromatic nitrogens is 1. The lowest BCUT2D eigenvalue weighted by Crippen LogP contribution is -2.28. The Morgan fingerprint density at radius 2 is 1.88 bits per heavy atom. The molecule has 5 nitrogen and oxygen atoms in total. The molecule has 0 radical (unpaired) electrons. The molecule has 2 rings (SSSR count). The maximum Gasteiger partial charge on any atom is 0.534 e. The van der Waals surface area contributed by atoms with Gasteiger partial charge >= 0.3 is 15.6 Å². The van der Waals surface area contributed by atoms with Crippen LogP contribution in [0.4, 0.5) is 17.6 Å². The van der Waals surface area contributed by atoms with E-state index in [0.717, 1.165) is 6.07 Å². The molecule has 0 aliphatic rings. The second-order valence-corrected chi connectivity index (χ2v) is 6.33. The van der Waals surface area contributed by atoms with Gasteiger partial charge in [-0.25, -0.2) is 9.37 Å². The van der Waals surface area contributed by atoms with Crippen molar-refractivity contribution in [3.8, 4) is 11.6 Å². The van der Waals surface area contributed by atoms with Crippen LogP contribution in [0.2, 0.25) is 0 Å². The van der Waals surface area contributed by atoms with Crippen molar-refractivity contribution in [2.24, 2.45) is 0 Å². The summed E-state index contributed by atoms with van der Waals surface area (Å²) in [5, 5.41) is 0.521. The van der Waals surface area contributed by atoms with Gasteiger partial charge in [-0.05, 0) is 24.6 Å². The fourth-order valence-electron chi connectivity index (χ4n) is 1.77. The molecule has 0 spiro atoms. The van der Waals surface area contributed by atoms with Crippen LogP contribution in [0.3, 0.4) is 0 Å². The van der Waals surface area contributed by atoms with Gasteiger partial charge < -0.3 is 8.92 Å². The lowest BCUT2D eigenvalue weighted by molar-refractivity contribution is -0.0501. The SMILES string of the molecule is CCC(CF)Oc1ccc2ccc(OS(=O)(=O)C(F)(F)F)nc2c1. The molecule has 0 bridgehead atoms. The highest BCUT2D eigenvalue weighted by Crippen LogP contribution is 2.28. The molecule has 1 unspecified atom stereocenters. The first-order valence-corrected chi connectivity index (χ1v) is 8.21. The second-order valence-electron chi connectivity index (χ2n) is 4.79. The Morgan fingerprint density at radius 3 is 2.46 bits per heavy atom. The van der Waals surface area contributed by atoms with E-state index in [1.165, 1.54) is 12.1 Å². The maximum atomic E-state index is 12.7. The third-order valence-corrected chi connectivity index (χ3v) is 4.00. The molecule has 0 fully saturated rings. The molecule has 132 valence electrons. The van der Waals surface area contributed by atoms with Crippen molar-refractivity contribution in [3.63, 3.8) is 0 Å². The van der Waals surface area contributed by atoms with Gasteiger partial charge in [-0.2, -0.15) is 21.6 Å². The normalized spacial score (nSPS) is 13.7. The van der Waals surface area contributed by atoms with E-state index in [4.69, 9.17) is 4.74 Å². The molecule has 24 heavy (non-hydrogen) atoms. The van der Waals surface area contributed by atoms with Crippen LogP contribution in [0, 0.1) is 0 Å². The largest absolute Gasteiger partial charge is 0.534 e. The van der Waals surface area contributed by atoms with E-state index in [1.54, 1.807) is 19.1 Å². The highest BCUT2D eigenvalue weighted by atomic mass is 32.2. The molecule has 2 aromatic rings. The van der Waals surface area contributed by atoms with E-state index in [1.807, 2.05) is 0 Å². The third-order valence-electron chi connectivity index (χ3n) is 3.05. The molecule has 10 heteroatoms. The average molecular weight is 367 g/mol. The summed E-state index contributed by atoms with van der Waals surface area (Å²) in [4.78, 5) is 3.72. The van der Waals surface area contributed by atoms with Crippen molar-refractivity contribution in [2.75, 3.05) is 6.67 Å². The summed E-state index contributed by atoms with van der Waals surface area (Å²) in [7, 11) is -5.80. The topological polar surface area (TPSA) is 65.5 Å². The summed E-state index contributed by atoms with van der Waals surface area (Å²) < 4.78 is 81.0. The van der Waals surface area contributed by atoms with Crippen LogP contribution >= 0.6 is 0 Å². The van der Waals surface area contributed by atoms with Crippen molar-refractivity contribution < 1.29 is 34.9 Å². The molecule has 0 saturated carbocycles. The molecule has 1 aromatic heterocycles. The van der Waals surface area contributed by atoms with Gasteiger partial charge in [0.05, 0.1) is 5.52 Å². The fraction of sp³-hybridized carbons (Fsp3) is 0.357. The summed E-state index contributed by atoms with van der Waals surface area (Å²) in [6.45, 7) is 1.03. The molecule has 0 aliphatic heterocycles. The molecule has 1 heterocycles. The summed E-state index contributed by atoms with van der Waals surface area (Å²) >= 11 is 0. The van der Waals surface area contributed by atoms with Crippen molar-refractivity contribution in [3.05, 3.63) is 30.3 Å². The van der Waals surface area contributed by atoms with Gasteiger partial charge in [-0.3, -0.25) is 0 Å². The number of pyridine rings is 1. The Morgan fingerprint density at radius 1 is 1.21 bits per heavy atom. The Labute approximate surface area is 135 Å². The van der Waals surface area contributed by atoms with Crippen LogP contribution in [0.25, 0.3) is 10.9 Å². The predicted octanol–water partition coefficient (Wildman–Crippen LogP) is 3.59. The van der Waals surface area contributed by atoms with Crippen LogP contribution in [0.15, 0.2) is 30.3 Å². The van der Waals surface area contributed by atoms with Crippen molar-refractivity contribution in [1.82, 2.24) is 4.98 Å². The molecule has 0 amide bonds. The highest BCUT2D eigenvalue weighted by Gasteiger charge is 2.48. The van der Waals surface area contributed by atoms with Gasteiger partial charge in [0.25, 0.3) is 0 Å². The van der Waals surface area contributed by atoms with Gasteiger partial charge in [0.1, 0.15) is 18.5 Å². The predicted molar refractivity (Wildman–Crippen MR) is 78.0 cm³/mol. The van der Waals surface area contributed by atoms with Gasteiger partial charge in [0.2, 0.25) is 5.88 Å². The zero-order chi connectivity index (χ0) is 18.0. The van der Waals surface area contributed by atoms with Crippen LogP contribution in [0.1, 0.15) is 13.3 Å². The molecular weight excluding hydrogens is 354 g/mol. The highest BCUT2D eigenvalue weighted by molar-refractivity contribution is 7.87. The maximum absolute atomic E-state index is 12.7. The van der Waals surface area contributed by atoms with Crippen LogP contribution in [-0.2, 0) is 10.1 Å². The average Bonchev–Trinajstić information content (AvgIpc) is 2.50. The van der Waals surface area contributed by atoms with Gasteiger partial charge in [-0.15, -0.1) is 0 Å². The number of hydrogen-bond acceptors (Lipinski definition) is 5. The van der Waals surface area contributed by atoms with Gasteiger partial charge in [0, 0.05) is 17.5 Å². The number of rotatable bonds is 6. The standard InChI is InChI=1S/C14H13F4NO4S/c1-2-10(8-15)22-11-5-3-9-4-6-13(19-12(9)7-11)23-24(20,21)14(16,17)18/h3-7,10H,2,8H2,1H3. The van der Waals surface area contributed by atoms with Gasteiger partial charge in [-0.1, -0.05) is 6.92 Å². The van der Waals surface area contributed by atoms with Crippen molar-refractivity contribution in [2.45, 2.75) is 25.0 Å². The number of alkyl halides is 4. The van der Waals surface area contributed by atoms with Crippen molar-refractivity contribution in [1.29, 1.82) is 0 Å². The quantitative estimate of drug-likeness (QED) is 0.444. The molecular formula is C14H13F4NO4S. The van der Waals surface area contributed by atoms with Crippen LogP contribution < -0.4 is 8.92 Å². The first kappa shape index (κ1) is 18.2. The summed E-state index contributed by atoms with van der Waals surface area (Å²) in [6.07, 6.45) is -0.234. The Balaban J connectivity index is 2.32. The number of ether oxygens (including phenoxy) is 1. The Hall–Kier alpha value is -2.10. The van der Waals surface area contributed by atoms with Crippen LogP contribution in [-0.4, -0.2) is 31.7 Å². The minimum absolute atomic E-state index is 0.149. The molecule has 1 atom stereocenters. The number of halogens is 4. The summed E-state index contributed by atoms with van der Waals surface area (Å²) in [6, 6.07) is 6.82. The Bertz CT molecular complexity index is 819. The van der Waals surface area contributed by atoms with Crippen molar-refractivity contribution >= 4 is 21.0 Å². The van der Waals surface area contributed by atoms with E-state index in [9.17, 15) is 26.0 Å². The molecule has 0 N–H and O–H groups in total. The zero-order valence-electron chi connectivity index (χ0n) is 12.4. The van der Waals surface area contributed by atoms with E-state index in [0.29, 0.717) is 11.8 Å². The zero-order valence-corrected chi connectivity index (χ0v) is 13.2. The summed E-state index contributed by atoms with van der Waals surface area (Å²) in [5.41, 5.74) is -5.40. The monoisotopic (exact) mass is 367 g/mol. The first-order chi connectivity index (χ1) is 11.2. The number of hydrogen-bond donors (Lipinski definition) is 0. The minimum atomic E-state index is -5.80. The van der Waals surface area contributed by atoms with E-state index in [-0.39, 0.29) is 11.3 Å². The van der Waals surface area contributed by atoms with E-state index < -0.39 is 34.3 Å². The van der Waals surface area contributed by atoms with Crippen LogP contribution in [0.5, 0.6) is 11.6 Å². The third kappa shape index (κ3) is 4.05.